The molecule has 1 aliphatic heterocycles. The van der Waals surface area contributed by atoms with Crippen LogP contribution in [0.5, 0.6) is 17.2 Å². The van der Waals surface area contributed by atoms with Crippen LogP contribution in [0.4, 0.5) is 0 Å². The average molecular weight is 327 g/mol. The van der Waals surface area contributed by atoms with Crippen LogP contribution < -0.4 is 19.5 Å². The van der Waals surface area contributed by atoms with Crippen molar-refractivity contribution in [2.24, 2.45) is 0 Å². The summed E-state index contributed by atoms with van der Waals surface area (Å²) in [6.07, 6.45) is 0.940. The van der Waals surface area contributed by atoms with Gasteiger partial charge < -0.3 is 19.5 Å². The number of methoxy groups -OCH3 is 1. The molecule has 24 heavy (non-hydrogen) atoms. The van der Waals surface area contributed by atoms with Gasteiger partial charge in [0.2, 0.25) is 0 Å². The zero-order valence-corrected chi connectivity index (χ0v) is 14.6. The number of hydrogen-bond acceptors (Lipinski definition) is 4. The van der Waals surface area contributed by atoms with Crippen LogP contribution in [0.1, 0.15) is 36.6 Å². The Kier molecular flexibility index (Phi) is 5.26. The standard InChI is InChI=1S/C20H25NO3/c1-4-23-15-8-6-14(7-9-15)19-16-10-11-18(22-3)20(24-5-2)17(16)12-13-21-19/h6-11,19,21H,4-5,12-13H2,1-3H3. The molecule has 4 heteroatoms. The number of hydrogen-bond donors (Lipinski definition) is 1. The number of rotatable bonds is 6. The van der Waals surface area contributed by atoms with Crippen molar-refractivity contribution in [1.29, 1.82) is 0 Å². The summed E-state index contributed by atoms with van der Waals surface area (Å²) in [6.45, 7) is 6.23. The van der Waals surface area contributed by atoms with Crippen molar-refractivity contribution < 1.29 is 14.2 Å². The van der Waals surface area contributed by atoms with E-state index in [0.717, 1.165) is 30.2 Å². The molecule has 2 aromatic carbocycles. The van der Waals surface area contributed by atoms with Gasteiger partial charge in [-0.1, -0.05) is 18.2 Å². The van der Waals surface area contributed by atoms with Gasteiger partial charge in [-0.05, 0) is 49.6 Å². The molecular weight excluding hydrogens is 302 g/mol. The summed E-state index contributed by atoms with van der Waals surface area (Å²) in [4.78, 5) is 0. The molecule has 1 unspecified atom stereocenters. The van der Waals surface area contributed by atoms with Gasteiger partial charge in [0.1, 0.15) is 5.75 Å². The van der Waals surface area contributed by atoms with Crippen molar-refractivity contribution in [2.75, 3.05) is 26.9 Å². The summed E-state index contributed by atoms with van der Waals surface area (Å²) in [5, 5.41) is 3.61. The largest absolute Gasteiger partial charge is 0.494 e. The van der Waals surface area contributed by atoms with Gasteiger partial charge in [0, 0.05) is 12.1 Å². The van der Waals surface area contributed by atoms with Crippen LogP contribution in [0.3, 0.4) is 0 Å². The second-order valence-corrected chi connectivity index (χ2v) is 5.74. The second kappa shape index (κ2) is 7.58. The van der Waals surface area contributed by atoms with Crippen molar-refractivity contribution in [3.63, 3.8) is 0 Å². The molecule has 0 amide bonds. The van der Waals surface area contributed by atoms with Gasteiger partial charge >= 0.3 is 0 Å². The van der Waals surface area contributed by atoms with Gasteiger partial charge in [-0.15, -0.1) is 0 Å². The van der Waals surface area contributed by atoms with Crippen molar-refractivity contribution in [2.45, 2.75) is 26.3 Å². The minimum absolute atomic E-state index is 0.162. The van der Waals surface area contributed by atoms with Gasteiger partial charge in [0.05, 0.1) is 26.4 Å². The Morgan fingerprint density at radius 3 is 2.42 bits per heavy atom. The Bertz CT molecular complexity index is 682. The summed E-state index contributed by atoms with van der Waals surface area (Å²) in [5.74, 6) is 2.60. The zero-order valence-electron chi connectivity index (χ0n) is 14.6. The van der Waals surface area contributed by atoms with E-state index in [9.17, 15) is 0 Å². The fourth-order valence-corrected chi connectivity index (χ4v) is 3.29. The molecule has 0 saturated carbocycles. The van der Waals surface area contributed by atoms with Crippen LogP contribution in [0.15, 0.2) is 36.4 Å². The summed E-state index contributed by atoms with van der Waals surface area (Å²) in [5.41, 5.74) is 3.73. The molecule has 0 aromatic heterocycles. The summed E-state index contributed by atoms with van der Waals surface area (Å²) in [7, 11) is 1.69. The Morgan fingerprint density at radius 2 is 1.75 bits per heavy atom. The smallest absolute Gasteiger partial charge is 0.164 e. The quantitative estimate of drug-likeness (QED) is 0.877. The van der Waals surface area contributed by atoms with E-state index in [1.165, 1.54) is 16.7 Å². The molecule has 1 atom stereocenters. The highest BCUT2D eigenvalue weighted by Gasteiger charge is 2.26. The minimum atomic E-state index is 0.162. The molecule has 2 aromatic rings. The van der Waals surface area contributed by atoms with Crippen LogP contribution in [0.25, 0.3) is 0 Å². The predicted octanol–water partition coefficient (Wildman–Crippen LogP) is 3.73. The molecule has 0 saturated heterocycles. The van der Waals surface area contributed by atoms with Crippen LogP contribution in [-0.4, -0.2) is 26.9 Å². The highest BCUT2D eigenvalue weighted by atomic mass is 16.5. The summed E-state index contributed by atoms with van der Waals surface area (Å²) in [6, 6.07) is 12.6. The maximum atomic E-state index is 5.89. The SMILES string of the molecule is CCOc1ccc(C2NCCc3c2ccc(OC)c3OCC)cc1. The first-order valence-corrected chi connectivity index (χ1v) is 8.57. The maximum Gasteiger partial charge on any atom is 0.164 e. The molecule has 3 rings (SSSR count). The maximum absolute atomic E-state index is 5.89. The first kappa shape index (κ1) is 16.7. The first-order chi connectivity index (χ1) is 11.8. The van der Waals surface area contributed by atoms with Gasteiger partial charge in [0.25, 0.3) is 0 Å². The van der Waals surface area contributed by atoms with E-state index in [1.54, 1.807) is 7.11 Å². The lowest BCUT2D eigenvalue weighted by Gasteiger charge is -2.29. The zero-order chi connectivity index (χ0) is 16.9. The Labute approximate surface area is 143 Å². The Hall–Kier alpha value is -2.20. The molecular formula is C20H25NO3. The molecule has 0 bridgehead atoms. The van der Waals surface area contributed by atoms with Crippen LogP contribution in [0.2, 0.25) is 0 Å². The van der Waals surface area contributed by atoms with E-state index < -0.39 is 0 Å². The number of ether oxygens (including phenoxy) is 3. The van der Waals surface area contributed by atoms with E-state index in [4.69, 9.17) is 14.2 Å². The first-order valence-electron chi connectivity index (χ1n) is 8.57. The van der Waals surface area contributed by atoms with Gasteiger partial charge in [-0.25, -0.2) is 0 Å². The van der Waals surface area contributed by atoms with E-state index in [-0.39, 0.29) is 6.04 Å². The third kappa shape index (κ3) is 3.20. The lowest BCUT2D eigenvalue weighted by atomic mass is 9.89. The van der Waals surface area contributed by atoms with E-state index in [1.807, 2.05) is 32.0 Å². The molecule has 1 N–H and O–H groups in total. The Balaban J connectivity index is 1.98. The summed E-state index contributed by atoms with van der Waals surface area (Å²) < 4.78 is 16.9. The molecule has 0 radical (unpaired) electrons. The van der Waals surface area contributed by atoms with Crippen LogP contribution >= 0.6 is 0 Å². The highest BCUT2D eigenvalue weighted by molar-refractivity contribution is 5.54. The van der Waals surface area contributed by atoms with E-state index in [0.29, 0.717) is 13.2 Å². The lowest BCUT2D eigenvalue weighted by molar-refractivity contribution is 0.305. The Morgan fingerprint density at radius 1 is 1.00 bits per heavy atom. The molecule has 0 spiro atoms. The molecule has 1 heterocycles. The van der Waals surface area contributed by atoms with Gasteiger partial charge in [-0.3, -0.25) is 0 Å². The molecule has 4 nitrogen and oxygen atoms in total. The predicted molar refractivity (Wildman–Crippen MR) is 95.3 cm³/mol. The monoisotopic (exact) mass is 327 g/mol. The number of benzene rings is 2. The summed E-state index contributed by atoms with van der Waals surface area (Å²) >= 11 is 0. The average Bonchev–Trinajstić information content (AvgIpc) is 2.63. The second-order valence-electron chi connectivity index (χ2n) is 5.74. The van der Waals surface area contributed by atoms with Crippen molar-refractivity contribution in [1.82, 2.24) is 5.32 Å². The molecule has 0 aliphatic carbocycles. The third-order valence-electron chi connectivity index (χ3n) is 4.33. The highest BCUT2D eigenvalue weighted by Crippen LogP contribution is 2.40. The van der Waals surface area contributed by atoms with Crippen LogP contribution in [0, 0.1) is 0 Å². The number of fused-ring (bicyclic) bond motifs is 1. The molecule has 1 aliphatic rings. The van der Waals surface area contributed by atoms with Gasteiger partial charge in [0.15, 0.2) is 11.5 Å². The fraction of sp³-hybridized carbons (Fsp3) is 0.400. The van der Waals surface area contributed by atoms with Crippen molar-refractivity contribution in [3.8, 4) is 17.2 Å². The van der Waals surface area contributed by atoms with Gasteiger partial charge in [-0.2, -0.15) is 0 Å². The van der Waals surface area contributed by atoms with Crippen molar-refractivity contribution in [3.05, 3.63) is 53.1 Å². The number of nitrogens with one attached hydrogen (secondary N) is 1. The van der Waals surface area contributed by atoms with Crippen LogP contribution in [-0.2, 0) is 6.42 Å². The van der Waals surface area contributed by atoms with Crippen molar-refractivity contribution >= 4 is 0 Å². The lowest BCUT2D eigenvalue weighted by Crippen LogP contribution is -2.31. The fourth-order valence-electron chi connectivity index (χ4n) is 3.29. The third-order valence-corrected chi connectivity index (χ3v) is 4.33. The molecule has 128 valence electrons. The minimum Gasteiger partial charge on any atom is -0.494 e. The van der Waals surface area contributed by atoms with E-state index in [2.05, 4.69) is 23.5 Å². The molecule has 0 fully saturated rings. The topological polar surface area (TPSA) is 39.7 Å². The normalized spacial score (nSPS) is 16.4. The van der Waals surface area contributed by atoms with E-state index >= 15 is 0 Å².